The summed E-state index contributed by atoms with van der Waals surface area (Å²) in [6.07, 6.45) is -0.331. The molecule has 24 heavy (non-hydrogen) atoms. The van der Waals surface area contributed by atoms with Crippen molar-refractivity contribution in [2.45, 2.75) is 26.9 Å². The van der Waals surface area contributed by atoms with Gasteiger partial charge >= 0.3 is 0 Å². The minimum absolute atomic E-state index is 0.0548. The molecule has 0 spiro atoms. The molecule has 1 saturated heterocycles. The Hall–Kier alpha value is -1.98. The van der Waals surface area contributed by atoms with Gasteiger partial charge in [-0.15, -0.1) is 0 Å². The molecule has 0 unspecified atom stereocenters. The van der Waals surface area contributed by atoms with Crippen molar-refractivity contribution in [2.75, 3.05) is 32.7 Å². The van der Waals surface area contributed by atoms with Crippen LogP contribution in [0.4, 0.5) is 0 Å². The minimum Gasteiger partial charge on any atom is -0.392 e. The Labute approximate surface area is 142 Å². The Bertz CT molecular complexity index is 750. The largest absolute Gasteiger partial charge is 0.392 e. The summed E-state index contributed by atoms with van der Waals surface area (Å²) in [6.45, 7) is 9.39. The van der Waals surface area contributed by atoms with Crippen molar-refractivity contribution in [1.82, 2.24) is 14.8 Å². The van der Waals surface area contributed by atoms with Crippen LogP contribution in [0.25, 0.3) is 10.9 Å². The number of nitrogens with zero attached hydrogens (tertiary/aromatic N) is 3. The third kappa shape index (κ3) is 3.57. The van der Waals surface area contributed by atoms with E-state index in [-0.39, 0.29) is 12.0 Å². The number of hydrogen-bond donors (Lipinski definition) is 1. The van der Waals surface area contributed by atoms with Crippen LogP contribution in [-0.2, 0) is 0 Å². The molecule has 0 saturated carbocycles. The highest BCUT2D eigenvalue weighted by molar-refractivity contribution is 5.98. The van der Waals surface area contributed by atoms with E-state index in [4.69, 9.17) is 0 Å². The van der Waals surface area contributed by atoms with Crippen LogP contribution in [0.1, 0.15) is 28.5 Å². The van der Waals surface area contributed by atoms with Gasteiger partial charge in [-0.1, -0.05) is 12.1 Å². The molecule has 0 bridgehead atoms. The number of aromatic nitrogens is 1. The number of aliphatic hydroxyl groups is 1. The molecule has 0 aliphatic carbocycles. The number of pyridine rings is 1. The molecule has 2 heterocycles. The van der Waals surface area contributed by atoms with E-state index in [2.05, 4.69) is 9.88 Å². The molecular weight excluding hydrogens is 302 g/mol. The molecule has 1 aromatic carbocycles. The summed E-state index contributed by atoms with van der Waals surface area (Å²) in [6, 6.07) is 8.07. The highest BCUT2D eigenvalue weighted by Crippen LogP contribution is 2.20. The normalized spacial score (nSPS) is 17.2. The Morgan fingerprint density at radius 1 is 1.21 bits per heavy atom. The maximum atomic E-state index is 12.9. The van der Waals surface area contributed by atoms with Crippen LogP contribution in [0, 0.1) is 13.8 Å². The number of fused-ring (bicyclic) bond motifs is 1. The first-order valence-electron chi connectivity index (χ1n) is 8.52. The number of aliphatic hydroxyl groups excluding tert-OH is 1. The van der Waals surface area contributed by atoms with E-state index in [1.54, 1.807) is 6.92 Å². The predicted molar refractivity (Wildman–Crippen MR) is 95.2 cm³/mol. The third-order valence-electron chi connectivity index (χ3n) is 4.58. The lowest BCUT2D eigenvalue weighted by Crippen LogP contribution is -2.50. The molecule has 1 aromatic heterocycles. The molecule has 3 rings (SSSR count). The molecule has 1 fully saturated rings. The molecule has 1 atom stereocenters. The minimum atomic E-state index is -0.331. The maximum absolute atomic E-state index is 12.9. The number of hydrogen-bond acceptors (Lipinski definition) is 4. The summed E-state index contributed by atoms with van der Waals surface area (Å²) in [7, 11) is 0. The van der Waals surface area contributed by atoms with E-state index in [9.17, 15) is 9.90 Å². The molecule has 5 nitrogen and oxygen atoms in total. The molecule has 0 radical (unpaired) electrons. The van der Waals surface area contributed by atoms with E-state index in [1.807, 2.05) is 43.0 Å². The summed E-state index contributed by atoms with van der Waals surface area (Å²) < 4.78 is 0. The van der Waals surface area contributed by atoms with E-state index in [1.165, 1.54) is 5.56 Å². The van der Waals surface area contributed by atoms with Gasteiger partial charge in [0.1, 0.15) is 0 Å². The number of β-amino-alcohol motifs (C(OH)–C–C–N with tert-alkyl or cyclic N) is 1. The fourth-order valence-corrected chi connectivity index (χ4v) is 3.27. The molecular formula is C19H25N3O2. The van der Waals surface area contributed by atoms with Gasteiger partial charge in [-0.2, -0.15) is 0 Å². The number of carbonyl (C=O) groups excluding carboxylic acids is 1. The van der Waals surface area contributed by atoms with Gasteiger partial charge in [0.25, 0.3) is 5.91 Å². The van der Waals surface area contributed by atoms with E-state index >= 15 is 0 Å². The smallest absolute Gasteiger partial charge is 0.255 e. The number of piperazine rings is 1. The average Bonchev–Trinajstić information content (AvgIpc) is 2.53. The van der Waals surface area contributed by atoms with Crippen LogP contribution >= 0.6 is 0 Å². The van der Waals surface area contributed by atoms with Crippen molar-refractivity contribution in [3.05, 3.63) is 41.1 Å². The standard InChI is InChI=1S/C19H25N3O2/c1-13-4-5-16-11-17(15(3)20-18(16)10-13)19(24)22-8-6-21(7-9-22)12-14(2)23/h4-5,10-11,14,23H,6-9,12H2,1-3H3/t14-/m1/s1. The number of benzene rings is 1. The van der Waals surface area contributed by atoms with E-state index < -0.39 is 0 Å². The zero-order valence-corrected chi connectivity index (χ0v) is 14.6. The molecule has 2 aromatic rings. The number of rotatable bonds is 3. The van der Waals surface area contributed by atoms with Gasteiger partial charge in [-0.3, -0.25) is 14.7 Å². The predicted octanol–water partition coefficient (Wildman–Crippen LogP) is 1.99. The van der Waals surface area contributed by atoms with Crippen molar-refractivity contribution in [2.24, 2.45) is 0 Å². The van der Waals surface area contributed by atoms with E-state index in [0.717, 1.165) is 29.7 Å². The number of amides is 1. The Morgan fingerprint density at radius 3 is 2.58 bits per heavy atom. The monoisotopic (exact) mass is 327 g/mol. The lowest BCUT2D eigenvalue weighted by atomic mass is 10.1. The summed E-state index contributed by atoms with van der Waals surface area (Å²) >= 11 is 0. The first-order valence-corrected chi connectivity index (χ1v) is 8.52. The molecule has 128 valence electrons. The molecule has 1 aliphatic heterocycles. The third-order valence-corrected chi connectivity index (χ3v) is 4.58. The highest BCUT2D eigenvalue weighted by atomic mass is 16.3. The first kappa shape index (κ1) is 16.9. The van der Waals surface area contributed by atoms with Crippen molar-refractivity contribution in [3.63, 3.8) is 0 Å². The van der Waals surface area contributed by atoms with Crippen LogP contribution in [0.5, 0.6) is 0 Å². The Morgan fingerprint density at radius 2 is 1.92 bits per heavy atom. The highest BCUT2D eigenvalue weighted by Gasteiger charge is 2.24. The fraction of sp³-hybridized carbons (Fsp3) is 0.474. The van der Waals surface area contributed by atoms with Crippen LogP contribution in [0.15, 0.2) is 24.3 Å². The second-order valence-electron chi connectivity index (χ2n) is 6.76. The van der Waals surface area contributed by atoms with Gasteiger partial charge in [-0.05, 0) is 38.5 Å². The second kappa shape index (κ2) is 6.87. The maximum Gasteiger partial charge on any atom is 0.255 e. The van der Waals surface area contributed by atoms with Gasteiger partial charge < -0.3 is 10.0 Å². The van der Waals surface area contributed by atoms with Gasteiger partial charge in [0.15, 0.2) is 0 Å². The van der Waals surface area contributed by atoms with Crippen LogP contribution < -0.4 is 0 Å². The molecule has 1 aliphatic rings. The van der Waals surface area contributed by atoms with Crippen molar-refractivity contribution >= 4 is 16.8 Å². The van der Waals surface area contributed by atoms with Gasteiger partial charge in [0.05, 0.1) is 22.9 Å². The SMILES string of the molecule is Cc1ccc2cc(C(=O)N3CCN(C[C@@H](C)O)CC3)c(C)nc2c1. The van der Waals surface area contributed by atoms with Crippen molar-refractivity contribution in [3.8, 4) is 0 Å². The Kier molecular flexibility index (Phi) is 4.83. The lowest BCUT2D eigenvalue weighted by Gasteiger charge is -2.35. The first-order chi connectivity index (χ1) is 11.4. The number of carbonyl (C=O) groups is 1. The lowest BCUT2D eigenvalue weighted by molar-refractivity contribution is 0.0553. The van der Waals surface area contributed by atoms with Gasteiger partial charge in [0, 0.05) is 38.1 Å². The fourth-order valence-electron chi connectivity index (χ4n) is 3.27. The molecule has 5 heteroatoms. The second-order valence-corrected chi connectivity index (χ2v) is 6.76. The van der Waals surface area contributed by atoms with E-state index in [0.29, 0.717) is 25.2 Å². The van der Waals surface area contributed by atoms with Gasteiger partial charge in [-0.25, -0.2) is 0 Å². The van der Waals surface area contributed by atoms with Gasteiger partial charge in [0.2, 0.25) is 0 Å². The summed E-state index contributed by atoms with van der Waals surface area (Å²) in [5.41, 5.74) is 3.58. The van der Waals surface area contributed by atoms with Crippen molar-refractivity contribution in [1.29, 1.82) is 0 Å². The number of aryl methyl sites for hydroxylation is 2. The summed E-state index contributed by atoms with van der Waals surface area (Å²) in [5.74, 6) is 0.0548. The zero-order valence-electron chi connectivity index (χ0n) is 14.6. The zero-order chi connectivity index (χ0) is 17.3. The molecule has 1 N–H and O–H groups in total. The quantitative estimate of drug-likeness (QED) is 0.937. The Balaban J connectivity index is 1.77. The summed E-state index contributed by atoms with van der Waals surface area (Å²) in [5, 5.41) is 10.5. The van der Waals surface area contributed by atoms with Crippen LogP contribution in [0.3, 0.4) is 0 Å². The molecule has 1 amide bonds. The topological polar surface area (TPSA) is 56.7 Å². The average molecular weight is 327 g/mol. The summed E-state index contributed by atoms with van der Waals surface area (Å²) in [4.78, 5) is 21.6. The van der Waals surface area contributed by atoms with Crippen LogP contribution in [-0.4, -0.2) is 64.6 Å². The van der Waals surface area contributed by atoms with Crippen molar-refractivity contribution < 1.29 is 9.90 Å². The van der Waals surface area contributed by atoms with Crippen LogP contribution in [0.2, 0.25) is 0 Å².